The van der Waals surface area contributed by atoms with Crippen LogP contribution in [0.4, 0.5) is 11.4 Å². The van der Waals surface area contributed by atoms with Crippen LogP contribution in [-0.2, 0) is 22.4 Å². The molecule has 1 aromatic heterocycles. The fraction of sp³-hybridized carbons (Fsp3) is 0.273. The maximum absolute atomic E-state index is 12.9. The molecule has 3 N–H and O–H groups in total. The molecule has 144 valence electrons. The van der Waals surface area contributed by atoms with E-state index >= 15 is 0 Å². The van der Waals surface area contributed by atoms with Gasteiger partial charge in [-0.1, -0.05) is 6.07 Å². The number of fused-ring (bicyclic) bond motifs is 3. The van der Waals surface area contributed by atoms with E-state index < -0.39 is 0 Å². The SMILES string of the molecule is COc1ccc2[nH]c3c(c2c1)CC(C(=O)Nc1cccc(NC(C)=O)c1)CC3. The summed E-state index contributed by atoms with van der Waals surface area (Å²) in [7, 11) is 1.66. The van der Waals surface area contributed by atoms with Gasteiger partial charge in [-0.05, 0) is 61.2 Å². The van der Waals surface area contributed by atoms with Crippen LogP contribution in [0.15, 0.2) is 42.5 Å². The van der Waals surface area contributed by atoms with Gasteiger partial charge in [0, 0.05) is 40.8 Å². The van der Waals surface area contributed by atoms with Gasteiger partial charge in [-0.25, -0.2) is 0 Å². The molecule has 1 aliphatic rings. The van der Waals surface area contributed by atoms with Crippen LogP contribution in [0.3, 0.4) is 0 Å². The maximum atomic E-state index is 12.9. The summed E-state index contributed by atoms with van der Waals surface area (Å²) in [5, 5.41) is 6.85. The minimum Gasteiger partial charge on any atom is -0.497 e. The summed E-state index contributed by atoms with van der Waals surface area (Å²) in [5.74, 6) is 0.582. The number of rotatable bonds is 4. The molecule has 0 fully saturated rings. The molecule has 0 saturated carbocycles. The lowest BCUT2D eigenvalue weighted by atomic mass is 9.85. The van der Waals surface area contributed by atoms with E-state index in [2.05, 4.69) is 15.6 Å². The van der Waals surface area contributed by atoms with Crippen LogP contribution < -0.4 is 15.4 Å². The fourth-order valence-electron chi connectivity index (χ4n) is 3.87. The molecule has 0 saturated heterocycles. The topological polar surface area (TPSA) is 83.2 Å². The highest BCUT2D eigenvalue weighted by atomic mass is 16.5. The highest BCUT2D eigenvalue weighted by Crippen LogP contribution is 2.34. The molecule has 0 spiro atoms. The lowest BCUT2D eigenvalue weighted by molar-refractivity contribution is -0.120. The average Bonchev–Trinajstić information content (AvgIpc) is 3.04. The summed E-state index contributed by atoms with van der Waals surface area (Å²) >= 11 is 0. The molecule has 6 nitrogen and oxygen atoms in total. The minimum atomic E-state index is -0.141. The molecular formula is C22H23N3O3. The molecular weight excluding hydrogens is 354 g/mol. The Labute approximate surface area is 163 Å². The van der Waals surface area contributed by atoms with Gasteiger partial charge in [0.15, 0.2) is 0 Å². The van der Waals surface area contributed by atoms with E-state index in [0.717, 1.165) is 29.5 Å². The largest absolute Gasteiger partial charge is 0.497 e. The predicted molar refractivity (Wildman–Crippen MR) is 110 cm³/mol. The lowest BCUT2D eigenvalue weighted by Crippen LogP contribution is -2.28. The molecule has 2 amide bonds. The van der Waals surface area contributed by atoms with Crippen LogP contribution in [0.1, 0.15) is 24.6 Å². The fourth-order valence-corrected chi connectivity index (χ4v) is 3.87. The van der Waals surface area contributed by atoms with Crippen LogP contribution in [0.5, 0.6) is 5.75 Å². The zero-order chi connectivity index (χ0) is 19.7. The van der Waals surface area contributed by atoms with Gasteiger partial charge >= 0.3 is 0 Å². The number of nitrogens with one attached hydrogen (secondary N) is 3. The maximum Gasteiger partial charge on any atom is 0.227 e. The number of carbonyl (C=O) groups excluding carboxylic acids is 2. The Morgan fingerprint density at radius 2 is 1.89 bits per heavy atom. The first kappa shape index (κ1) is 18.1. The van der Waals surface area contributed by atoms with Crippen molar-refractivity contribution < 1.29 is 14.3 Å². The third-order valence-corrected chi connectivity index (χ3v) is 5.22. The van der Waals surface area contributed by atoms with Crippen molar-refractivity contribution in [3.63, 3.8) is 0 Å². The van der Waals surface area contributed by atoms with Gasteiger partial charge < -0.3 is 20.4 Å². The first-order chi connectivity index (χ1) is 13.5. The lowest BCUT2D eigenvalue weighted by Gasteiger charge is -2.22. The quantitative estimate of drug-likeness (QED) is 0.645. The number of benzene rings is 2. The summed E-state index contributed by atoms with van der Waals surface area (Å²) in [6.07, 6.45) is 2.34. The van der Waals surface area contributed by atoms with E-state index in [1.54, 1.807) is 19.2 Å². The Morgan fingerprint density at radius 1 is 1.11 bits per heavy atom. The predicted octanol–water partition coefficient (Wildman–Crippen LogP) is 3.88. The number of carbonyl (C=O) groups is 2. The molecule has 0 bridgehead atoms. The van der Waals surface area contributed by atoms with E-state index in [9.17, 15) is 9.59 Å². The molecule has 6 heteroatoms. The molecule has 0 radical (unpaired) electrons. The third-order valence-electron chi connectivity index (χ3n) is 5.22. The number of hydrogen-bond acceptors (Lipinski definition) is 3. The van der Waals surface area contributed by atoms with Crippen molar-refractivity contribution in [1.82, 2.24) is 4.98 Å². The zero-order valence-electron chi connectivity index (χ0n) is 16.0. The number of hydrogen-bond donors (Lipinski definition) is 3. The number of anilines is 2. The van der Waals surface area contributed by atoms with E-state index in [4.69, 9.17) is 4.74 Å². The first-order valence-electron chi connectivity index (χ1n) is 9.39. The molecule has 3 aromatic rings. The Balaban J connectivity index is 1.52. The molecule has 1 atom stereocenters. The molecule has 1 heterocycles. The Kier molecular flexibility index (Phi) is 4.77. The summed E-state index contributed by atoms with van der Waals surface area (Å²) in [4.78, 5) is 27.6. The average molecular weight is 377 g/mol. The van der Waals surface area contributed by atoms with E-state index in [0.29, 0.717) is 17.8 Å². The van der Waals surface area contributed by atoms with Gasteiger partial charge in [-0.3, -0.25) is 9.59 Å². The highest BCUT2D eigenvalue weighted by Gasteiger charge is 2.27. The van der Waals surface area contributed by atoms with Crippen molar-refractivity contribution in [2.45, 2.75) is 26.2 Å². The van der Waals surface area contributed by atoms with Crippen molar-refractivity contribution in [3.8, 4) is 5.75 Å². The third kappa shape index (κ3) is 3.58. The number of H-pyrrole nitrogens is 1. The first-order valence-corrected chi connectivity index (χ1v) is 9.39. The standard InChI is InChI=1S/C22H23N3O3/c1-13(26)23-15-4-3-5-16(11-15)24-22(27)14-6-8-20-18(10-14)19-12-17(28-2)7-9-21(19)25-20/h3-5,7,9,11-12,14,25H,6,8,10H2,1-2H3,(H,23,26)(H,24,27). The van der Waals surface area contributed by atoms with Gasteiger partial charge in [0.25, 0.3) is 0 Å². The van der Waals surface area contributed by atoms with Crippen LogP contribution in [-0.4, -0.2) is 23.9 Å². The second kappa shape index (κ2) is 7.38. The molecule has 1 aliphatic carbocycles. The highest BCUT2D eigenvalue weighted by molar-refractivity contribution is 5.95. The normalized spacial score (nSPS) is 15.7. The van der Waals surface area contributed by atoms with E-state index in [1.807, 2.05) is 30.3 Å². The summed E-state index contributed by atoms with van der Waals surface area (Å²) in [5.41, 5.74) is 4.84. The second-order valence-electron chi connectivity index (χ2n) is 7.18. The smallest absolute Gasteiger partial charge is 0.227 e. The van der Waals surface area contributed by atoms with E-state index in [1.165, 1.54) is 18.2 Å². The number of amides is 2. The van der Waals surface area contributed by atoms with Crippen LogP contribution in [0, 0.1) is 5.92 Å². The number of aromatic amines is 1. The Hall–Kier alpha value is -3.28. The number of ether oxygens (including phenoxy) is 1. The van der Waals surface area contributed by atoms with Gasteiger partial charge in [0.1, 0.15) is 5.75 Å². The number of methoxy groups -OCH3 is 1. The van der Waals surface area contributed by atoms with E-state index in [-0.39, 0.29) is 17.7 Å². The number of aromatic nitrogens is 1. The molecule has 2 aromatic carbocycles. The summed E-state index contributed by atoms with van der Waals surface area (Å²) in [6.45, 7) is 1.46. The minimum absolute atomic E-state index is 0.00266. The van der Waals surface area contributed by atoms with Crippen LogP contribution >= 0.6 is 0 Å². The van der Waals surface area contributed by atoms with Crippen LogP contribution in [0.25, 0.3) is 10.9 Å². The van der Waals surface area contributed by atoms with Gasteiger partial charge in [0.05, 0.1) is 7.11 Å². The second-order valence-corrected chi connectivity index (χ2v) is 7.18. The molecule has 1 unspecified atom stereocenters. The molecule has 4 rings (SSSR count). The Morgan fingerprint density at radius 3 is 2.64 bits per heavy atom. The molecule has 28 heavy (non-hydrogen) atoms. The van der Waals surface area contributed by atoms with Crippen molar-refractivity contribution in [3.05, 3.63) is 53.7 Å². The van der Waals surface area contributed by atoms with Crippen molar-refractivity contribution in [1.29, 1.82) is 0 Å². The van der Waals surface area contributed by atoms with Crippen molar-refractivity contribution in [2.75, 3.05) is 17.7 Å². The van der Waals surface area contributed by atoms with Gasteiger partial charge in [0.2, 0.25) is 11.8 Å². The monoisotopic (exact) mass is 377 g/mol. The summed E-state index contributed by atoms with van der Waals surface area (Å²) < 4.78 is 5.35. The van der Waals surface area contributed by atoms with Gasteiger partial charge in [-0.2, -0.15) is 0 Å². The zero-order valence-corrected chi connectivity index (χ0v) is 16.0. The summed E-state index contributed by atoms with van der Waals surface area (Å²) in [6, 6.07) is 13.2. The number of aryl methyl sites for hydroxylation is 1. The molecule has 0 aliphatic heterocycles. The van der Waals surface area contributed by atoms with Gasteiger partial charge in [-0.15, -0.1) is 0 Å². The van der Waals surface area contributed by atoms with Crippen molar-refractivity contribution >= 4 is 34.1 Å². The Bertz CT molecular complexity index is 1050. The van der Waals surface area contributed by atoms with Crippen LogP contribution in [0.2, 0.25) is 0 Å². The van der Waals surface area contributed by atoms with Crippen molar-refractivity contribution in [2.24, 2.45) is 5.92 Å².